The number of fused-ring (bicyclic) bond motifs is 1. The van der Waals surface area contributed by atoms with E-state index in [0.717, 1.165) is 39.2 Å². The Labute approximate surface area is 132 Å². The maximum Gasteiger partial charge on any atom is 0.135 e. The van der Waals surface area contributed by atoms with Crippen molar-refractivity contribution in [3.63, 3.8) is 0 Å². The van der Waals surface area contributed by atoms with Gasteiger partial charge in [0.1, 0.15) is 11.2 Å². The number of aromatic amines is 2. The lowest BCUT2D eigenvalue weighted by molar-refractivity contribution is 0.768. The van der Waals surface area contributed by atoms with Crippen LogP contribution in [0.2, 0.25) is 0 Å². The molecule has 4 rings (SSSR count). The maximum atomic E-state index is 4.77. The molecule has 0 bridgehead atoms. The van der Waals surface area contributed by atoms with E-state index in [1.54, 1.807) is 4.68 Å². The predicted octanol–water partition coefficient (Wildman–Crippen LogP) is 3.39. The molecule has 23 heavy (non-hydrogen) atoms. The lowest BCUT2D eigenvalue weighted by Crippen LogP contribution is -1.86. The minimum atomic E-state index is 0.821. The summed E-state index contributed by atoms with van der Waals surface area (Å²) >= 11 is 0. The molecule has 2 N–H and O–H groups in total. The first-order valence-corrected chi connectivity index (χ1v) is 7.40. The fourth-order valence-corrected chi connectivity index (χ4v) is 2.64. The fourth-order valence-electron chi connectivity index (χ4n) is 2.64. The van der Waals surface area contributed by atoms with Crippen LogP contribution in [0, 0.1) is 0 Å². The number of nitrogens with one attached hydrogen (secondary N) is 2. The summed E-state index contributed by atoms with van der Waals surface area (Å²) in [5.74, 6) is 0. The molecule has 0 saturated carbocycles. The van der Waals surface area contributed by atoms with E-state index in [2.05, 4.69) is 26.3 Å². The van der Waals surface area contributed by atoms with E-state index in [9.17, 15) is 0 Å². The Balaban J connectivity index is 1.83. The third kappa shape index (κ3) is 2.34. The lowest BCUT2D eigenvalue weighted by atomic mass is 10.2. The van der Waals surface area contributed by atoms with Crippen LogP contribution in [0.4, 0.5) is 0 Å². The molecule has 0 atom stereocenters. The number of hydrogen-bond acceptors (Lipinski definition) is 3. The van der Waals surface area contributed by atoms with Gasteiger partial charge in [0.2, 0.25) is 0 Å². The van der Waals surface area contributed by atoms with Crippen molar-refractivity contribution in [2.45, 2.75) is 6.92 Å². The Kier molecular flexibility index (Phi) is 3.08. The van der Waals surface area contributed by atoms with Crippen molar-refractivity contribution >= 4 is 17.1 Å². The number of allylic oxidation sites excluding steroid dienone is 1. The number of H-pyrrole nitrogens is 2. The average Bonchev–Trinajstić information content (AvgIpc) is 3.26. The zero-order chi connectivity index (χ0) is 15.8. The van der Waals surface area contributed by atoms with Crippen LogP contribution < -0.4 is 0 Å². The predicted molar refractivity (Wildman–Crippen MR) is 90.6 cm³/mol. The summed E-state index contributed by atoms with van der Waals surface area (Å²) in [7, 11) is 1.90. The van der Waals surface area contributed by atoms with Gasteiger partial charge in [-0.05, 0) is 30.7 Å². The van der Waals surface area contributed by atoms with E-state index >= 15 is 0 Å². The second-order valence-electron chi connectivity index (χ2n) is 5.41. The highest BCUT2D eigenvalue weighted by atomic mass is 15.2. The smallest absolute Gasteiger partial charge is 0.135 e. The molecule has 6 nitrogen and oxygen atoms in total. The Morgan fingerprint density at radius 3 is 2.96 bits per heavy atom. The van der Waals surface area contributed by atoms with Gasteiger partial charge in [-0.15, -0.1) is 0 Å². The van der Waals surface area contributed by atoms with Gasteiger partial charge < -0.3 is 4.98 Å². The highest BCUT2D eigenvalue weighted by Gasteiger charge is 2.13. The Morgan fingerprint density at radius 1 is 1.26 bits per heavy atom. The van der Waals surface area contributed by atoms with Crippen LogP contribution in [0.1, 0.15) is 12.5 Å². The molecule has 0 amide bonds. The van der Waals surface area contributed by atoms with E-state index in [0.29, 0.717) is 0 Å². The standard InChI is InChI=1S/C17H16N6/c1-3-4-11-7-15(18-8-11)17-16-14(21-22-17)6-5-13(20-16)12-9-19-23(2)10-12/h3-10,18H,1-2H3,(H,21,22)/b4-3-. The molecule has 0 radical (unpaired) electrons. The summed E-state index contributed by atoms with van der Waals surface area (Å²) in [6.07, 6.45) is 9.78. The van der Waals surface area contributed by atoms with E-state index in [4.69, 9.17) is 4.98 Å². The van der Waals surface area contributed by atoms with Crippen LogP contribution >= 0.6 is 0 Å². The van der Waals surface area contributed by atoms with Gasteiger partial charge in [-0.3, -0.25) is 9.78 Å². The second-order valence-corrected chi connectivity index (χ2v) is 5.41. The van der Waals surface area contributed by atoms with Crippen molar-refractivity contribution < 1.29 is 0 Å². The number of nitrogens with zero attached hydrogens (tertiary/aromatic N) is 4. The molecule has 0 saturated heterocycles. The molecule has 0 aromatic carbocycles. The molecule has 4 aromatic heterocycles. The minimum Gasteiger partial charge on any atom is -0.359 e. The first-order chi connectivity index (χ1) is 11.2. The van der Waals surface area contributed by atoms with Crippen LogP contribution in [-0.2, 0) is 7.05 Å². The molecule has 0 unspecified atom stereocenters. The van der Waals surface area contributed by atoms with Crippen molar-refractivity contribution in [1.29, 1.82) is 0 Å². The van der Waals surface area contributed by atoms with Crippen molar-refractivity contribution in [2.24, 2.45) is 7.05 Å². The van der Waals surface area contributed by atoms with Gasteiger partial charge in [0.15, 0.2) is 0 Å². The van der Waals surface area contributed by atoms with Crippen molar-refractivity contribution in [2.75, 3.05) is 0 Å². The summed E-state index contributed by atoms with van der Waals surface area (Å²) in [6, 6.07) is 6.03. The van der Waals surface area contributed by atoms with E-state index < -0.39 is 0 Å². The Hall–Kier alpha value is -3.15. The van der Waals surface area contributed by atoms with E-state index in [1.807, 2.05) is 56.8 Å². The molecule has 4 heterocycles. The zero-order valence-corrected chi connectivity index (χ0v) is 12.9. The molecule has 0 aliphatic heterocycles. The molecule has 114 valence electrons. The normalized spacial score (nSPS) is 11.7. The molecule has 0 aliphatic rings. The van der Waals surface area contributed by atoms with Crippen molar-refractivity contribution in [1.82, 2.24) is 29.9 Å². The Morgan fingerprint density at radius 2 is 2.17 bits per heavy atom. The third-order valence-electron chi connectivity index (χ3n) is 3.73. The maximum absolute atomic E-state index is 4.77. The molecule has 6 heteroatoms. The molecular weight excluding hydrogens is 288 g/mol. The number of hydrogen-bond donors (Lipinski definition) is 2. The number of pyridine rings is 1. The first kappa shape index (κ1) is 13.5. The van der Waals surface area contributed by atoms with Gasteiger partial charge in [-0.2, -0.15) is 10.2 Å². The lowest BCUT2D eigenvalue weighted by Gasteiger charge is -1.98. The van der Waals surface area contributed by atoms with Crippen molar-refractivity contribution in [3.8, 4) is 22.6 Å². The highest BCUT2D eigenvalue weighted by molar-refractivity contribution is 5.90. The number of aromatic nitrogens is 6. The van der Waals surface area contributed by atoms with Crippen LogP contribution in [0.3, 0.4) is 0 Å². The summed E-state index contributed by atoms with van der Waals surface area (Å²) in [4.78, 5) is 8.02. The largest absolute Gasteiger partial charge is 0.359 e. The van der Waals surface area contributed by atoms with Gasteiger partial charge in [0.25, 0.3) is 0 Å². The van der Waals surface area contributed by atoms with Gasteiger partial charge in [0, 0.05) is 25.0 Å². The van der Waals surface area contributed by atoms with Crippen LogP contribution in [-0.4, -0.2) is 29.9 Å². The topological polar surface area (TPSA) is 75.2 Å². The van der Waals surface area contributed by atoms with Gasteiger partial charge in [-0.1, -0.05) is 12.2 Å². The quantitative estimate of drug-likeness (QED) is 0.609. The second kappa shape index (κ2) is 5.24. The van der Waals surface area contributed by atoms with E-state index in [-0.39, 0.29) is 0 Å². The fraction of sp³-hybridized carbons (Fsp3) is 0.118. The molecule has 0 fully saturated rings. The minimum absolute atomic E-state index is 0.821. The SMILES string of the molecule is C/C=C\c1c[nH]c(-c2n[nH]c3ccc(-c4cnn(C)c4)nc23)c1. The number of rotatable bonds is 3. The first-order valence-electron chi connectivity index (χ1n) is 7.40. The van der Waals surface area contributed by atoms with Gasteiger partial charge in [0.05, 0.1) is 23.1 Å². The molecular formula is C17H16N6. The summed E-state index contributed by atoms with van der Waals surface area (Å²) in [5, 5.41) is 11.7. The Bertz CT molecular complexity index is 1000. The monoisotopic (exact) mass is 304 g/mol. The third-order valence-corrected chi connectivity index (χ3v) is 3.73. The van der Waals surface area contributed by atoms with Crippen LogP contribution in [0.25, 0.3) is 39.8 Å². The zero-order valence-electron chi connectivity index (χ0n) is 12.9. The number of aryl methyl sites for hydroxylation is 1. The molecule has 4 aromatic rings. The van der Waals surface area contributed by atoms with Gasteiger partial charge >= 0.3 is 0 Å². The highest BCUT2D eigenvalue weighted by Crippen LogP contribution is 2.27. The van der Waals surface area contributed by atoms with Crippen molar-refractivity contribution in [3.05, 3.63) is 48.4 Å². The van der Waals surface area contributed by atoms with Crippen LogP contribution in [0.5, 0.6) is 0 Å². The summed E-state index contributed by atoms with van der Waals surface area (Å²) < 4.78 is 1.77. The van der Waals surface area contributed by atoms with Crippen LogP contribution in [0.15, 0.2) is 42.9 Å². The van der Waals surface area contributed by atoms with Gasteiger partial charge in [-0.25, -0.2) is 4.98 Å². The summed E-state index contributed by atoms with van der Waals surface area (Å²) in [5.41, 5.74) is 6.51. The molecule has 0 aliphatic carbocycles. The van der Waals surface area contributed by atoms with E-state index in [1.165, 1.54) is 0 Å². The average molecular weight is 304 g/mol. The molecule has 0 spiro atoms. The summed E-state index contributed by atoms with van der Waals surface area (Å²) in [6.45, 7) is 2.00.